The quantitative estimate of drug-likeness (QED) is 0.774. The third-order valence-corrected chi connectivity index (χ3v) is 6.14. The van der Waals surface area contributed by atoms with Gasteiger partial charge in [-0.05, 0) is 44.7 Å². The van der Waals surface area contributed by atoms with Gasteiger partial charge in [-0.25, -0.2) is 4.79 Å². The molecular weight excluding hydrogens is 326 g/mol. The van der Waals surface area contributed by atoms with Gasteiger partial charge in [-0.2, -0.15) is 0 Å². The maximum absolute atomic E-state index is 13.0. The monoisotopic (exact) mass is 351 g/mol. The smallest absolute Gasteiger partial charge is 0.330 e. The van der Waals surface area contributed by atoms with Crippen LogP contribution in [0.4, 0.5) is 0 Å². The first-order valence-corrected chi connectivity index (χ1v) is 9.81. The lowest BCUT2D eigenvalue weighted by Crippen LogP contribution is -2.49. The first-order chi connectivity index (χ1) is 11.6. The van der Waals surface area contributed by atoms with E-state index in [1.165, 1.54) is 25.5 Å². The highest BCUT2D eigenvalue weighted by atomic mass is 32.2. The molecule has 1 aliphatic carbocycles. The van der Waals surface area contributed by atoms with Gasteiger partial charge in [0.05, 0.1) is 17.7 Å². The third kappa shape index (κ3) is 3.63. The van der Waals surface area contributed by atoms with Gasteiger partial charge in [0.25, 0.3) is 5.91 Å². The lowest BCUT2D eigenvalue weighted by Gasteiger charge is -2.34. The average Bonchev–Trinajstić information content (AvgIpc) is 3.24. The molecule has 1 saturated carbocycles. The first-order valence-electron chi connectivity index (χ1n) is 8.76. The molecule has 1 saturated heterocycles. The van der Waals surface area contributed by atoms with E-state index in [4.69, 9.17) is 9.15 Å². The van der Waals surface area contributed by atoms with E-state index >= 15 is 0 Å². The summed E-state index contributed by atoms with van der Waals surface area (Å²) in [6.45, 7) is 3.66. The van der Waals surface area contributed by atoms with Crippen molar-refractivity contribution in [2.24, 2.45) is 5.92 Å². The van der Waals surface area contributed by atoms with Crippen molar-refractivity contribution in [1.82, 2.24) is 4.90 Å². The topological polar surface area (TPSA) is 59.8 Å². The van der Waals surface area contributed by atoms with Gasteiger partial charge >= 0.3 is 5.97 Å². The van der Waals surface area contributed by atoms with Crippen LogP contribution in [-0.4, -0.2) is 40.0 Å². The Morgan fingerprint density at radius 3 is 2.67 bits per heavy atom. The molecule has 5 nitrogen and oxygen atoms in total. The van der Waals surface area contributed by atoms with Crippen LogP contribution in [0.3, 0.4) is 0 Å². The van der Waals surface area contributed by atoms with Crippen LogP contribution >= 0.6 is 11.8 Å². The maximum atomic E-state index is 13.0. The van der Waals surface area contributed by atoms with Gasteiger partial charge in [0.2, 0.25) is 0 Å². The number of rotatable bonds is 4. The maximum Gasteiger partial charge on any atom is 0.330 e. The fourth-order valence-corrected chi connectivity index (χ4v) is 5.21. The zero-order chi connectivity index (χ0) is 17.1. The highest BCUT2D eigenvalue weighted by Crippen LogP contribution is 2.41. The van der Waals surface area contributed by atoms with Gasteiger partial charge in [0.15, 0.2) is 5.76 Å². The Morgan fingerprint density at radius 1 is 1.29 bits per heavy atom. The largest absolute Gasteiger partial charge is 0.461 e. The Bertz CT molecular complexity index is 566. The zero-order valence-corrected chi connectivity index (χ0v) is 15.1. The minimum absolute atomic E-state index is 0.0348. The van der Waals surface area contributed by atoms with E-state index < -0.39 is 6.04 Å². The van der Waals surface area contributed by atoms with Gasteiger partial charge in [0, 0.05) is 5.75 Å². The summed E-state index contributed by atoms with van der Waals surface area (Å²) in [5.41, 5.74) is 0. The summed E-state index contributed by atoms with van der Waals surface area (Å²) < 4.78 is 10.7. The van der Waals surface area contributed by atoms with Crippen LogP contribution in [0.2, 0.25) is 0 Å². The number of ether oxygens (including phenoxy) is 1. The number of carbonyl (C=O) groups is 2. The molecule has 2 fully saturated rings. The van der Waals surface area contributed by atoms with Gasteiger partial charge < -0.3 is 14.1 Å². The lowest BCUT2D eigenvalue weighted by molar-refractivity contribution is -0.152. The molecule has 1 amide bonds. The molecule has 6 heteroatoms. The van der Waals surface area contributed by atoms with E-state index in [0.29, 0.717) is 17.4 Å². The van der Waals surface area contributed by atoms with Crippen molar-refractivity contribution in [1.29, 1.82) is 0 Å². The molecule has 1 aromatic heterocycles. The van der Waals surface area contributed by atoms with Crippen molar-refractivity contribution >= 4 is 23.6 Å². The number of esters is 1. The SMILES string of the molecule is CC(C)OC(=O)[C@H]1CS[C@H](C2CCCCC2)N1C(=O)c1ccco1. The molecule has 2 heterocycles. The first kappa shape index (κ1) is 17.4. The molecular formula is C18H25NO4S. The van der Waals surface area contributed by atoms with Crippen molar-refractivity contribution in [3.05, 3.63) is 24.2 Å². The van der Waals surface area contributed by atoms with Gasteiger partial charge in [0.1, 0.15) is 6.04 Å². The Morgan fingerprint density at radius 2 is 2.04 bits per heavy atom. The van der Waals surface area contributed by atoms with Crippen molar-refractivity contribution in [2.45, 2.75) is 63.5 Å². The van der Waals surface area contributed by atoms with Gasteiger partial charge in [-0.1, -0.05) is 19.3 Å². The third-order valence-electron chi connectivity index (χ3n) is 4.68. The number of nitrogens with zero attached hydrogens (tertiary/aromatic N) is 1. The standard InChI is InChI=1S/C18H25NO4S/c1-12(2)23-18(21)14-11-24-17(13-7-4-3-5-8-13)19(14)16(20)15-9-6-10-22-15/h6,9-10,12-14,17H,3-5,7-8,11H2,1-2H3/t14-,17-/m1/s1. The number of hydrogen-bond donors (Lipinski definition) is 0. The van der Waals surface area contributed by atoms with E-state index in [2.05, 4.69) is 0 Å². The number of amides is 1. The normalized spacial score (nSPS) is 25.2. The van der Waals surface area contributed by atoms with Crippen LogP contribution in [0.25, 0.3) is 0 Å². The van der Waals surface area contributed by atoms with E-state index in [1.807, 2.05) is 13.8 Å². The molecule has 1 aromatic rings. The van der Waals surface area contributed by atoms with Crippen LogP contribution in [0, 0.1) is 5.92 Å². The fourth-order valence-electron chi connectivity index (χ4n) is 3.59. The molecule has 1 aliphatic heterocycles. The Kier molecular flexibility index (Phi) is 5.54. The molecule has 0 aromatic carbocycles. The Labute approximate surface area is 147 Å². The zero-order valence-electron chi connectivity index (χ0n) is 14.3. The van der Waals surface area contributed by atoms with Crippen molar-refractivity contribution < 1.29 is 18.7 Å². The molecule has 0 bridgehead atoms. The molecule has 0 spiro atoms. The summed E-state index contributed by atoms with van der Waals surface area (Å²) >= 11 is 1.71. The summed E-state index contributed by atoms with van der Waals surface area (Å²) in [6.07, 6.45) is 7.21. The second kappa shape index (κ2) is 7.64. The fraction of sp³-hybridized carbons (Fsp3) is 0.667. The number of furan rings is 1. The van der Waals surface area contributed by atoms with Crippen LogP contribution in [0.15, 0.2) is 22.8 Å². The summed E-state index contributed by atoms with van der Waals surface area (Å²) in [6, 6.07) is 2.84. The Hall–Kier alpha value is -1.43. The summed E-state index contributed by atoms with van der Waals surface area (Å²) in [5.74, 6) is 0.821. The summed E-state index contributed by atoms with van der Waals surface area (Å²) in [7, 11) is 0. The van der Waals surface area contributed by atoms with Crippen LogP contribution in [0.5, 0.6) is 0 Å². The second-order valence-corrected chi connectivity index (χ2v) is 7.96. The number of thioether (sulfide) groups is 1. The van der Waals surface area contributed by atoms with Crippen LogP contribution in [0.1, 0.15) is 56.5 Å². The predicted molar refractivity (Wildman–Crippen MR) is 92.7 cm³/mol. The molecule has 0 radical (unpaired) electrons. The lowest BCUT2D eigenvalue weighted by atomic mass is 9.88. The molecule has 0 N–H and O–H groups in total. The highest BCUT2D eigenvalue weighted by Gasteiger charge is 2.46. The average molecular weight is 351 g/mol. The van der Waals surface area contributed by atoms with E-state index in [0.717, 1.165) is 12.8 Å². The van der Waals surface area contributed by atoms with Crippen LogP contribution in [-0.2, 0) is 9.53 Å². The van der Waals surface area contributed by atoms with Gasteiger partial charge in [-0.15, -0.1) is 11.8 Å². The van der Waals surface area contributed by atoms with Crippen molar-refractivity contribution in [2.75, 3.05) is 5.75 Å². The van der Waals surface area contributed by atoms with Crippen LogP contribution < -0.4 is 0 Å². The molecule has 2 atom stereocenters. The summed E-state index contributed by atoms with van der Waals surface area (Å²) in [4.78, 5) is 27.2. The summed E-state index contributed by atoms with van der Waals surface area (Å²) in [5, 5.41) is 0.0348. The second-order valence-electron chi connectivity index (χ2n) is 6.81. The highest BCUT2D eigenvalue weighted by molar-refractivity contribution is 8.00. The minimum Gasteiger partial charge on any atom is -0.461 e. The molecule has 3 rings (SSSR count). The van der Waals surface area contributed by atoms with Crippen molar-refractivity contribution in [3.63, 3.8) is 0 Å². The minimum atomic E-state index is -0.526. The van der Waals surface area contributed by atoms with E-state index in [1.54, 1.807) is 28.8 Å². The van der Waals surface area contributed by atoms with E-state index in [-0.39, 0.29) is 23.4 Å². The molecule has 24 heavy (non-hydrogen) atoms. The van der Waals surface area contributed by atoms with Crippen molar-refractivity contribution in [3.8, 4) is 0 Å². The number of hydrogen-bond acceptors (Lipinski definition) is 5. The number of carbonyl (C=O) groups excluding carboxylic acids is 2. The van der Waals surface area contributed by atoms with E-state index in [9.17, 15) is 9.59 Å². The molecule has 132 valence electrons. The molecule has 0 unspecified atom stereocenters. The predicted octanol–water partition coefficient (Wildman–Crippen LogP) is 3.70. The molecule has 2 aliphatic rings. The van der Waals surface area contributed by atoms with Gasteiger partial charge in [-0.3, -0.25) is 4.79 Å². The Balaban J connectivity index is 1.83.